The molecule has 0 saturated carbocycles. The lowest BCUT2D eigenvalue weighted by atomic mass is 10.2. The predicted molar refractivity (Wildman–Crippen MR) is 94.8 cm³/mol. The van der Waals surface area contributed by atoms with Crippen molar-refractivity contribution in [1.82, 2.24) is 14.9 Å². The van der Waals surface area contributed by atoms with Gasteiger partial charge in [0.2, 0.25) is 5.95 Å². The molecule has 1 aromatic carbocycles. The third kappa shape index (κ3) is 4.92. The Balaban J connectivity index is 2.01. The summed E-state index contributed by atoms with van der Waals surface area (Å²) in [6.07, 6.45) is 3.01. The molecule has 1 heterocycles. The number of likely N-dealkylation sites (N-methyl/N-ethyl adjacent to an activating group) is 1. The standard InChI is InChI=1S/C17H23N5O2/c1-12-5-6-15(24-4)14(9-12)21-16(23)13-10-19-17(20-11-13)18-7-8-22(2)3/h5-6,9-11H,7-8H2,1-4H3,(H,21,23)(H,18,19,20). The molecule has 0 spiro atoms. The molecule has 7 heteroatoms. The van der Waals surface area contributed by atoms with Crippen molar-refractivity contribution in [2.24, 2.45) is 0 Å². The smallest absolute Gasteiger partial charge is 0.258 e. The summed E-state index contributed by atoms with van der Waals surface area (Å²) < 4.78 is 5.26. The van der Waals surface area contributed by atoms with Gasteiger partial charge in [-0.15, -0.1) is 0 Å². The second kappa shape index (κ2) is 8.26. The first-order valence-electron chi connectivity index (χ1n) is 7.66. The number of rotatable bonds is 7. The van der Waals surface area contributed by atoms with Gasteiger partial charge in [-0.05, 0) is 38.7 Å². The molecule has 2 N–H and O–H groups in total. The van der Waals surface area contributed by atoms with E-state index in [0.717, 1.165) is 18.7 Å². The molecule has 128 valence electrons. The monoisotopic (exact) mass is 329 g/mol. The number of anilines is 2. The van der Waals surface area contributed by atoms with Crippen molar-refractivity contribution in [2.45, 2.75) is 6.92 Å². The molecule has 0 saturated heterocycles. The summed E-state index contributed by atoms with van der Waals surface area (Å²) in [5.41, 5.74) is 2.04. The Labute approximate surface area is 142 Å². The normalized spacial score (nSPS) is 10.5. The SMILES string of the molecule is COc1ccc(C)cc1NC(=O)c1cnc(NCCN(C)C)nc1. The molecule has 2 rings (SSSR count). The van der Waals surface area contributed by atoms with E-state index >= 15 is 0 Å². The average Bonchev–Trinajstić information content (AvgIpc) is 2.55. The van der Waals surface area contributed by atoms with E-state index < -0.39 is 0 Å². The first-order chi connectivity index (χ1) is 11.5. The number of benzene rings is 1. The van der Waals surface area contributed by atoms with Gasteiger partial charge in [0.05, 0.1) is 18.4 Å². The van der Waals surface area contributed by atoms with Crippen LogP contribution < -0.4 is 15.4 Å². The van der Waals surface area contributed by atoms with Gasteiger partial charge in [0.1, 0.15) is 5.75 Å². The number of methoxy groups -OCH3 is 1. The lowest BCUT2D eigenvalue weighted by molar-refractivity contribution is 0.102. The van der Waals surface area contributed by atoms with E-state index in [1.807, 2.05) is 39.2 Å². The van der Waals surface area contributed by atoms with Crippen LogP contribution in [0.5, 0.6) is 5.75 Å². The van der Waals surface area contributed by atoms with Crippen molar-refractivity contribution in [2.75, 3.05) is 44.9 Å². The number of carbonyl (C=O) groups excluding carboxylic acids is 1. The van der Waals surface area contributed by atoms with Crippen LogP contribution in [0.25, 0.3) is 0 Å². The van der Waals surface area contributed by atoms with Crippen LogP contribution >= 0.6 is 0 Å². The summed E-state index contributed by atoms with van der Waals surface area (Å²) in [5.74, 6) is 0.831. The molecule has 0 unspecified atom stereocenters. The zero-order valence-corrected chi connectivity index (χ0v) is 14.5. The Hall–Kier alpha value is -2.67. The van der Waals surface area contributed by atoms with Crippen LogP contribution in [0.1, 0.15) is 15.9 Å². The first kappa shape index (κ1) is 17.7. The maximum atomic E-state index is 12.3. The van der Waals surface area contributed by atoms with E-state index in [0.29, 0.717) is 22.9 Å². The van der Waals surface area contributed by atoms with Gasteiger partial charge < -0.3 is 20.3 Å². The molecule has 0 atom stereocenters. The van der Waals surface area contributed by atoms with Crippen molar-refractivity contribution in [1.29, 1.82) is 0 Å². The lowest BCUT2D eigenvalue weighted by Gasteiger charge is -2.12. The number of amides is 1. The van der Waals surface area contributed by atoms with Crippen LogP contribution in [0, 0.1) is 6.92 Å². The van der Waals surface area contributed by atoms with E-state index in [1.54, 1.807) is 7.11 Å². The molecular weight excluding hydrogens is 306 g/mol. The Morgan fingerprint density at radius 2 is 1.96 bits per heavy atom. The largest absolute Gasteiger partial charge is 0.495 e. The maximum Gasteiger partial charge on any atom is 0.258 e. The fraction of sp³-hybridized carbons (Fsp3) is 0.353. The van der Waals surface area contributed by atoms with Gasteiger partial charge in [-0.25, -0.2) is 9.97 Å². The predicted octanol–water partition coefficient (Wildman–Crippen LogP) is 2.02. The number of carbonyl (C=O) groups is 1. The fourth-order valence-electron chi connectivity index (χ4n) is 2.04. The fourth-order valence-corrected chi connectivity index (χ4v) is 2.04. The maximum absolute atomic E-state index is 12.3. The van der Waals surface area contributed by atoms with Crippen LogP contribution in [-0.4, -0.2) is 55.1 Å². The van der Waals surface area contributed by atoms with Crippen LogP contribution in [-0.2, 0) is 0 Å². The molecule has 2 aromatic rings. The highest BCUT2D eigenvalue weighted by molar-refractivity contribution is 6.04. The van der Waals surface area contributed by atoms with E-state index in [1.165, 1.54) is 12.4 Å². The van der Waals surface area contributed by atoms with E-state index in [-0.39, 0.29) is 5.91 Å². The van der Waals surface area contributed by atoms with Gasteiger partial charge >= 0.3 is 0 Å². The number of nitrogens with one attached hydrogen (secondary N) is 2. The van der Waals surface area contributed by atoms with Crippen molar-refractivity contribution >= 4 is 17.5 Å². The summed E-state index contributed by atoms with van der Waals surface area (Å²) in [4.78, 5) is 22.7. The first-order valence-corrected chi connectivity index (χ1v) is 7.66. The van der Waals surface area contributed by atoms with E-state index in [9.17, 15) is 4.79 Å². The number of aryl methyl sites for hydroxylation is 1. The Morgan fingerprint density at radius 1 is 1.25 bits per heavy atom. The molecule has 1 amide bonds. The minimum absolute atomic E-state index is 0.279. The van der Waals surface area contributed by atoms with Gasteiger partial charge in [-0.2, -0.15) is 0 Å². The van der Waals surface area contributed by atoms with Crippen molar-refractivity contribution < 1.29 is 9.53 Å². The molecule has 0 fully saturated rings. The number of ether oxygens (including phenoxy) is 1. The summed E-state index contributed by atoms with van der Waals surface area (Å²) in [6, 6.07) is 5.60. The van der Waals surface area contributed by atoms with Crippen LogP contribution in [0.2, 0.25) is 0 Å². The summed E-state index contributed by atoms with van der Waals surface area (Å²) >= 11 is 0. The van der Waals surface area contributed by atoms with Crippen molar-refractivity contribution in [3.63, 3.8) is 0 Å². The number of aromatic nitrogens is 2. The molecule has 0 aliphatic carbocycles. The molecular formula is C17H23N5O2. The highest BCUT2D eigenvalue weighted by Crippen LogP contribution is 2.25. The zero-order chi connectivity index (χ0) is 17.5. The number of hydrogen-bond donors (Lipinski definition) is 2. The highest BCUT2D eigenvalue weighted by Gasteiger charge is 2.11. The minimum Gasteiger partial charge on any atom is -0.495 e. The Bertz CT molecular complexity index is 686. The average molecular weight is 329 g/mol. The van der Waals surface area contributed by atoms with Gasteiger partial charge in [0, 0.05) is 25.5 Å². The summed E-state index contributed by atoms with van der Waals surface area (Å²) in [7, 11) is 5.56. The lowest BCUT2D eigenvalue weighted by Crippen LogP contribution is -2.21. The topological polar surface area (TPSA) is 79.4 Å². The number of hydrogen-bond acceptors (Lipinski definition) is 6. The second-order valence-electron chi connectivity index (χ2n) is 5.68. The third-order valence-electron chi connectivity index (χ3n) is 3.36. The molecule has 0 aliphatic heterocycles. The quantitative estimate of drug-likeness (QED) is 0.809. The van der Waals surface area contributed by atoms with Gasteiger partial charge in [0.15, 0.2) is 0 Å². The van der Waals surface area contributed by atoms with Crippen LogP contribution in [0.3, 0.4) is 0 Å². The molecule has 7 nitrogen and oxygen atoms in total. The second-order valence-corrected chi connectivity index (χ2v) is 5.68. The molecule has 0 bridgehead atoms. The van der Waals surface area contributed by atoms with Gasteiger partial charge in [-0.1, -0.05) is 6.07 Å². The van der Waals surface area contributed by atoms with E-state index in [4.69, 9.17) is 4.74 Å². The third-order valence-corrected chi connectivity index (χ3v) is 3.36. The van der Waals surface area contributed by atoms with Crippen LogP contribution in [0.4, 0.5) is 11.6 Å². The minimum atomic E-state index is -0.279. The Morgan fingerprint density at radius 3 is 2.58 bits per heavy atom. The van der Waals surface area contributed by atoms with E-state index in [2.05, 4.69) is 25.5 Å². The number of nitrogens with zero attached hydrogens (tertiary/aromatic N) is 3. The zero-order valence-electron chi connectivity index (χ0n) is 14.5. The molecule has 24 heavy (non-hydrogen) atoms. The van der Waals surface area contributed by atoms with Crippen LogP contribution in [0.15, 0.2) is 30.6 Å². The molecule has 0 aliphatic rings. The molecule has 0 radical (unpaired) electrons. The van der Waals surface area contributed by atoms with Crippen molar-refractivity contribution in [3.8, 4) is 5.75 Å². The van der Waals surface area contributed by atoms with Gasteiger partial charge in [0.25, 0.3) is 5.91 Å². The highest BCUT2D eigenvalue weighted by atomic mass is 16.5. The Kier molecular flexibility index (Phi) is 6.08. The summed E-state index contributed by atoms with van der Waals surface area (Å²) in [5, 5.41) is 5.93. The summed E-state index contributed by atoms with van der Waals surface area (Å²) in [6.45, 7) is 3.56. The van der Waals surface area contributed by atoms with Crippen molar-refractivity contribution in [3.05, 3.63) is 41.7 Å². The molecule has 1 aromatic heterocycles. The van der Waals surface area contributed by atoms with Gasteiger partial charge in [-0.3, -0.25) is 4.79 Å².